The Balaban J connectivity index is 1.63. The first-order valence-corrected chi connectivity index (χ1v) is 15.6. The molecule has 2 aromatic rings. The minimum atomic E-state index is -4.82. The summed E-state index contributed by atoms with van der Waals surface area (Å²) in [6.07, 6.45) is -3.33. The molecule has 0 bridgehead atoms. The summed E-state index contributed by atoms with van der Waals surface area (Å²) < 4.78 is 49.1. The number of phenols is 1. The van der Waals surface area contributed by atoms with E-state index in [2.05, 4.69) is 16.0 Å². The highest BCUT2D eigenvalue weighted by Gasteiger charge is 2.44. The number of ketones is 1. The third kappa shape index (κ3) is 9.71. The summed E-state index contributed by atoms with van der Waals surface area (Å²) in [6, 6.07) is 3.12. The molecule has 4 rings (SSSR count). The molecule has 0 unspecified atom stereocenters. The van der Waals surface area contributed by atoms with E-state index in [4.69, 9.17) is 27.9 Å². The molecule has 1 aliphatic heterocycles. The van der Waals surface area contributed by atoms with Crippen molar-refractivity contribution in [3.63, 3.8) is 0 Å². The predicted molar refractivity (Wildman–Crippen MR) is 165 cm³/mol. The molecule has 2 amide bonds. The first-order chi connectivity index (χ1) is 21.2. The molecule has 1 saturated heterocycles. The van der Waals surface area contributed by atoms with Gasteiger partial charge in [-0.05, 0) is 68.0 Å². The van der Waals surface area contributed by atoms with Gasteiger partial charge in [0, 0.05) is 24.8 Å². The first kappa shape index (κ1) is 34.8. The maximum atomic E-state index is 14.6. The number of nitrogens with zero attached hydrogens (tertiary/aromatic N) is 1. The number of hydrogen-bond donors (Lipinski definition) is 4. The van der Waals surface area contributed by atoms with E-state index in [1.165, 1.54) is 24.3 Å². The van der Waals surface area contributed by atoms with Crippen LogP contribution in [0.4, 0.5) is 18.9 Å². The average Bonchev–Trinajstić information content (AvgIpc) is 3.81. The van der Waals surface area contributed by atoms with Gasteiger partial charge in [0.1, 0.15) is 6.04 Å². The lowest BCUT2D eigenvalue weighted by molar-refractivity contribution is -0.161. The van der Waals surface area contributed by atoms with E-state index >= 15 is 0 Å². The Morgan fingerprint density at radius 1 is 1.00 bits per heavy atom. The van der Waals surface area contributed by atoms with E-state index in [1.54, 1.807) is 26.0 Å². The number of phenolic OH excluding ortho intramolecular Hbond substituents is 1. The lowest BCUT2D eigenvalue weighted by Crippen LogP contribution is -2.55. The Hall–Kier alpha value is -3.06. The van der Waals surface area contributed by atoms with E-state index in [1.807, 2.05) is 4.90 Å². The fraction of sp³-hybridized carbons (Fsp3) is 0.516. The standard InChI is InChI=1S/C31H37Cl2F3N4O5/c1-17(2)37-30(44)27(42)24(15-18-3-4-18)39-29(43)25(16-19-13-22(32)26(41)23(33)14-19)38-28(31(34,35)36)20-5-7-21(8-6-20)40-9-11-45-12-10-40/h5-8,13-14,17-18,24-25,28,38,41H,3-4,9-12,15-16H2,1-2H3,(H,37,44)(H,39,43)/t24-,25-,28-/m0/s1. The van der Waals surface area contributed by atoms with Gasteiger partial charge in [-0.25, -0.2) is 0 Å². The van der Waals surface area contributed by atoms with Crippen molar-refractivity contribution in [1.82, 2.24) is 16.0 Å². The number of carbonyl (C=O) groups excluding carboxylic acids is 3. The number of morpholine rings is 1. The minimum Gasteiger partial charge on any atom is -0.505 e. The molecule has 1 aliphatic carbocycles. The molecule has 14 heteroatoms. The molecule has 2 aliphatic rings. The highest BCUT2D eigenvalue weighted by Crippen LogP contribution is 2.37. The van der Waals surface area contributed by atoms with Gasteiger partial charge in [-0.15, -0.1) is 0 Å². The Bertz CT molecular complexity index is 1340. The van der Waals surface area contributed by atoms with E-state index in [9.17, 15) is 32.7 Å². The number of benzene rings is 2. The van der Waals surface area contributed by atoms with Crippen LogP contribution in [0.15, 0.2) is 36.4 Å². The molecule has 1 heterocycles. The highest BCUT2D eigenvalue weighted by molar-refractivity contribution is 6.38. The van der Waals surface area contributed by atoms with Crippen LogP contribution < -0.4 is 20.9 Å². The molecule has 45 heavy (non-hydrogen) atoms. The van der Waals surface area contributed by atoms with Crippen LogP contribution in [-0.4, -0.2) is 73.3 Å². The van der Waals surface area contributed by atoms with Crippen molar-refractivity contribution in [3.05, 3.63) is 57.6 Å². The van der Waals surface area contributed by atoms with Crippen LogP contribution in [0.25, 0.3) is 0 Å². The quantitative estimate of drug-likeness (QED) is 0.227. The number of ether oxygens (including phenoxy) is 1. The topological polar surface area (TPSA) is 120 Å². The second kappa shape index (κ2) is 15.0. The van der Waals surface area contributed by atoms with Gasteiger partial charge in [0.05, 0.1) is 35.3 Å². The van der Waals surface area contributed by atoms with Gasteiger partial charge < -0.3 is 25.4 Å². The molecule has 4 N–H and O–H groups in total. The monoisotopic (exact) mass is 672 g/mol. The SMILES string of the molecule is CC(C)NC(=O)C(=O)[C@H](CC1CC1)NC(=O)[C@H](Cc1cc(Cl)c(O)c(Cl)c1)N[C@@H](c1ccc(N2CCOCC2)cc1)C(F)(F)F. The van der Waals surface area contributed by atoms with Crippen molar-refractivity contribution in [2.24, 2.45) is 5.92 Å². The summed E-state index contributed by atoms with van der Waals surface area (Å²) in [7, 11) is 0. The lowest BCUT2D eigenvalue weighted by Gasteiger charge is -2.31. The zero-order valence-corrected chi connectivity index (χ0v) is 26.4. The number of nitrogens with one attached hydrogen (secondary N) is 3. The van der Waals surface area contributed by atoms with E-state index in [0.717, 1.165) is 18.5 Å². The van der Waals surface area contributed by atoms with Crippen molar-refractivity contribution in [2.45, 2.75) is 69.9 Å². The van der Waals surface area contributed by atoms with Crippen LogP contribution in [0, 0.1) is 5.92 Å². The Kier molecular flexibility index (Phi) is 11.6. The van der Waals surface area contributed by atoms with E-state index in [-0.39, 0.29) is 46.0 Å². The first-order valence-electron chi connectivity index (χ1n) is 14.8. The van der Waals surface area contributed by atoms with Gasteiger partial charge in [-0.2, -0.15) is 13.2 Å². The molecule has 3 atom stereocenters. The molecule has 0 radical (unpaired) electrons. The zero-order valence-electron chi connectivity index (χ0n) is 24.9. The van der Waals surface area contributed by atoms with Gasteiger partial charge in [0.2, 0.25) is 11.7 Å². The summed E-state index contributed by atoms with van der Waals surface area (Å²) in [5, 5.41) is 17.2. The predicted octanol–water partition coefficient (Wildman–Crippen LogP) is 4.72. The van der Waals surface area contributed by atoms with Gasteiger partial charge in [0.25, 0.3) is 5.91 Å². The summed E-state index contributed by atoms with van der Waals surface area (Å²) in [4.78, 5) is 41.3. The Morgan fingerprint density at radius 2 is 1.60 bits per heavy atom. The summed E-state index contributed by atoms with van der Waals surface area (Å²) in [5.74, 6) is -2.96. The second-order valence-electron chi connectivity index (χ2n) is 11.7. The number of alkyl halides is 3. The molecule has 246 valence electrons. The van der Waals surface area contributed by atoms with Crippen molar-refractivity contribution in [3.8, 4) is 5.75 Å². The molecule has 1 saturated carbocycles. The third-order valence-corrected chi connectivity index (χ3v) is 8.25. The van der Waals surface area contributed by atoms with E-state index in [0.29, 0.717) is 26.3 Å². The Labute approximate surface area is 269 Å². The molecule has 0 aromatic heterocycles. The summed E-state index contributed by atoms with van der Waals surface area (Å²) >= 11 is 12.1. The van der Waals surface area contributed by atoms with Crippen LogP contribution in [0.5, 0.6) is 5.75 Å². The van der Waals surface area contributed by atoms with Crippen molar-refractivity contribution in [1.29, 1.82) is 0 Å². The molecule has 0 spiro atoms. The number of carbonyl (C=O) groups is 3. The van der Waals surface area contributed by atoms with Crippen molar-refractivity contribution >= 4 is 46.5 Å². The lowest BCUT2D eigenvalue weighted by atomic mass is 9.99. The molecule has 9 nitrogen and oxygen atoms in total. The largest absolute Gasteiger partial charge is 0.505 e. The number of rotatable bonds is 13. The summed E-state index contributed by atoms with van der Waals surface area (Å²) in [5.41, 5.74) is 0.884. The number of hydrogen-bond acceptors (Lipinski definition) is 7. The minimum absolute atomic E-state index is 0.111. The zero-order chi connectivity index (χ0) is 32.9. The molecular formula is C31H37Cl2F3N4O5. The maximum absolute atomic E-state index is 14.6. The fourth-order valence-corrected chi connectivity index (χ4v) is 5.69. The summed E-state index contributed by atoms with van der Waals surface area (Å²) in [6.45, 7) is 5.60. The van der Waals surface area contributed by atoms with Gasteiger partial charge in [-0.3, -0.25) is 19.7 Å². The molecule has 2 aromatic carbocycles. The van der Waals surface area contributed by atoms with Crippen molar-refractivity contribution < 1.29 is 37.4 Å². The van der Waals surface area contributed by atoms with Crippen molar-refractivity contribution in [2.75, 3.05) is 31.2 Å². The van der Waals surface area contributed by atoms with Gasteiger partial charge in [-0.1, -0.05) is 48.2 Å². The number of Topliss-reactive ketones (excluding diaryl/α,β-unsaturated/α-hetero) is 1. The maximum Gasteiger partial charge on any atom is 0.407 e. The smallest absolute Gasteiger partial charge is 0.407 e. The molecular weight excluding hydrogens is 636 g/mol. The number of amides is 2. The highest BCUT2D eigenvalue weighted by atomic mass is 35.5. The third-order valence-electron chi connectivity index (χ3n) is 7.67. The second-order valence-corrected chi connectivity index (χ2v) is 12.5. The van der Waals surface area contributed by atoms with Gasteiger partial charge >= 0.3 is 6.18 Å². The fourth-order valence-electron chi connectivity index (χ4n) is 5.16. The van der Waals surface area contributed by atoms with Crippen LogP contribution in [0.3, 0.4) is 0 Å². The number of anilines is 1. The number of aromatic hydroxyl groups is 1. The Morgan fingerprint density at radius 3 is 2.13 bits per heavy atom. The normalized spacial score (nSPS) is 17.5. The van der Waals surface area contributed by atoms with Crippen LogP contribution in [0.2, 0.25) is 10.0 Å². The van der Waals surface area contributed by atoms with Gasteiger partial charge in [0.15, 0.2) is 5.75 Å². The molecule has 2 fully saturated rings. The van der Waals surface area contributed by atoms with Crippen LogP contribution in [0.1, 0.15) is 50.3 Å². The average molecular weight is 674 g/mol. The number of halogens is 5. The van der Waals surface area contributed by atoms with Crippen LogP contribution >= 0.6 is 23.2 Å². The van der Waals surface area contributed by atoms with E-state index < -0.39 is 47.6 Å². The van der Waals surface area contributed by atoms with Crippen LogP contribution in [-0.2, 0) is 25.5 Å².